The molecule has 3 nitrogen and oxygen atoms in total. The molecule has 0 aliphatic rings. The summed E-state index contributed by atoms with van der Waals surface area (Å²) in [6.45, 7) is 4.54. The summed E-state index contributed by atoms with van der Waals surface area (Å²) in [6, 6.07) is 0. The van der Waals surface area contributed by atoms with Crippen molar-refractivity contribution in [2.45, 2.75) is 194 Å². The van der Waals surface area contributed by atoms with Crippen LogP contribution in [0.3, 0.4) is 0 Å². The Hall–Kier alpha value is -1.38. The van der Waals surface area contributed by atoms with E-state index in [1.54, 1.807) is 0 Å². The zero-order valence-electron chi connectivity index (χ0n) is 26.3. The van der Waals surface area contributed by atoms with E-state index in [1.165, 1.54) is 128 Å². The molecule has 0 spiro atoms. The van der Waals surface area contributed by atoms with E-state index in [9.17, 15) is 9.59 Å². The number of ether oxygens (including phenoxy) is 1. The highest BCUT2D eigenvalue weighted by molar-refractivity contribution is 5.85. The molecule has 0 unspecified atom stereocenters. The van der Waals surface area contributed by atoms with Gasteiger partial charge in [0.1, 0.15) is 0 Å². The Morgan fingerprint density at radius 2 is 0.641 bits per heavy atom. The molecule has 0 saturated heterocycles. The molecule has 0 aromatic heterocycles. The first-order valence-electron chi connectivity index (χ1n) is 17.2. The van der Waals surface area contributed by atoms with E-state index in [-0.39, 0.29) is 11.9 Å². The Balaban J connectivity index is 3.40. The van der Waals surface area contributed by atoms with Gasteiger partial charge >= 0.3 is 11.9 Å². The third-order valence-electron chi connectivity index (χ3n) is 7.51. The van der Waals surface area contributed by atoms with Crippen LogP contribution in [0.15, 0.2) is 24.3 Å². The largest absolute Gasteiger partial charge is 0.393 e. The summed E-state index contributed by atoms with van der Waals surface area (Å²) in [5, 5.41) is 0. The van der Waals surface area contributed by atoms with E-state index >= 15 is 0 Å². The summed E-state index contributed by atoms with van der Waals surface area (Å²) in [4.78, 5) is 23.8. The van der Waals surface area contributed by atoms with Crippen molar-refractivity contribution in [3.63, 3.8) is 0 Å². The highest BCUT2D eigenvalue weighted by Crippen LogP contribution is 2.13. The van der Waals surface area contributed by atoms with Crippen molar-refractivity contribution in [1.82, 2.24) is 0 Å². The minimum atomic E-state index is -0.362. The fourth-order valence-electron chi connectivity index (χ4n) is 4.91. The third-order valence-corrected chi connectivity index (χ3v) is 7.51. The molecular weight excluding hydrogens is 480 g/mol. The van der Waals surface area contributed by atoms with Gasteiger partial charge in [0.25, 0.3) is 0 Å². The van der Waals surface area contributed by atoms with Gasteiger partial charge in [0.15, 0.2) is 0 Å². The summed E-state index contributed by atoms with van der Waals surface area (Å²) in [6.07, 6.45) is 42.3. The lowest BCUT2D eigenvalue weighted by molar-refractivity contribution is -0.159. The first-order valence-corrected chi connectivity index (χ1v) is 17.2. The Kier molecular flexibility index (Phi) is 31.7. The number of rotatable bonds is 30. The van der Waals surface area contributed by atoms with Gasteiger partial charge in [-0.25, -0.2) is 0 Å². The van der Waals surface area contributed by atoms with Crippen molar-refractivity contribution in [2.75, 3.05) is 0 Å². The van der Waals surface area contributed by atoms with E-state index in [4.69, 9.17) is 4.74 Å². The average molecular weight is 547 g/mol. The average Bonchev–Trinajstić information content (AvgIpc) is 2.93. The van der Waals surface area contributed by atoms with Crippen LogP contribution < -0.4 is 0 Å². The Morgan fingerprint density at radius 1 is 0.385 bits per heavy atom. The molecule has 0 aromatic carbocycles. The van der Waals surface area contributed by atoms with Crippen LogP contribution in [0.5, 0.6) is 0 Å². The Morgan fingerprint density at radius 3 is 0.949 bits per heavy atom. The second-order valence-electron chi connectivity index (χ2n) is 11.5. The van der Waals surface area contributed by atoms with E-state index in [0.717, 1.165) is 38.5 Å². The Labute approximate surface area is 244 Å². The minimum Gasteiger partial charge on any atom is -0.393 e. The molecule has 0 saturated carbocycles. The van der Waals surface area contributed by atoms with Gasteiger partial charge in [-0.3, -0.25) is 9.59 Å². The number of unbranched alkanes of at least 4 members (excludes halogenated alkanes) is 22. The second-order valence-corrected chi connectivity index (χ2v) is 11.5. The molecule has 3 heteroatoms. The summed E-state index contributed by atoms with van der Waals surface area (Å²) in [7, 11) is 0. The van der Waals surface area contributed by atoms with Crippen molar-refractivity contribution in [3.8, 4) is 0 Å². The maximum absolute atomic E-state index is 11.9. The maximum atomic E-state index is 11.9. The zero-order chi connectivity index (χ0) is 28.5. The van der Waals surface area contributed by atoms with E-state index in [1.807, 2.05) is 0 Å². The summed E-state index contributed by atoms with van der Waals surface area (Å²) in [5.41, 5.74) is 0. The van der Waals surface area contributed by atoms with Crippen molar-refractivity contribution >= 4 is 11.9 Å². The molecule has 0 fully saturated rings. The molecule has 0 rings (SSSR count). The standard InChI is InChI=1S/C36H66O3/c1-3-5-7-9-11-13-15-17-19-21-23-25-27-29-31-33-35(37)39-36(38)34-32-30-28-26-24-22-20-18-16-14-12-10-8-6-4-2/h23-26H,3-22,27-34H2,1-2H3/b25-23-,26-24-. The lowest BCUT2D eigenvalue weighted by Crippen LogP contribution is -2.11. The van der Waals surface area contributed by atoms with Crippen LogP contribution in [0.1, 0.15) is 194 Å². The number of hydrogen-bond donors (Lipinski definition) is 0. The molecule has 0 amide bonds. The van der Waals surface area contributed by atoms with Gasteiger partial charge in [0.05, 0.1) is 0 Å². The molecule has 0 aliphatic carbocycles. The van der Waals surface area contributed by atoms with Crippen LogP contribution in [0, 0.1) is 0 Å². The third kappa shape index (κ3) is 32.7. The molecule has 0 radical (unpaired) electrons. The smallest absolute Gasteiger partial charge is 0.313 e. The quantitative estimate of drug-likeness (QED) is 0.0389. The van der Waals surface area contributed by atoms with Crippen LogP contribution >= 0.6 is 0 Å². The SMILES string of the molecule is CCCCCCCCCCC/C=C\CCCCC(=O)OC(=O)CCCC/C=C\CCCCCCCCCCC. The van der Waals surface area contributed by atoms with Gasteiger partial charge in [-0.15, -0.1) is 0 Å². The molecule has 39 heavy (non-hydrogen) atoms. The Bertz CT molecular complexity index is 528. The number of hydrogen-bond acceptors (Lipinski definition) is 3. The summed E-state index contributed by atoms with van der Waals surface area (Å²) >= 11 is 0. The van der Waals surface area contributed by atoms with E-state index in [0.29, 0.717) is 12.8 Å². The monoisotopic (exact) mass is 547 g/mol. The van der Waals surface area contributed by atoms with Gasteiger partial charge < -0.3 is 4.74 Å². The predicted octanol–water partition coefficient (Wildman–Crippen LogP) is 12.1. The van der Waals surface area contributed by atoms with Crippen LogP contribution in [0.2, 0.25) is 0 Å². The van der Waals surface area contributed by atoms with Crippen LogP contribution in [0.25, 0.3) is 0 Å². The van der Waals surface area contributed by atoms with Crippen LogP contribution in [-0.2, 0) is 14.3 Å². The molecule has 228 valence electrons. The molecule has 0 heterocycles. The van der Waals surface area contributed by atoms with Crippen molar-refractivity contribution in [2.24, 2.45) is 0 Å². The van der Waals surface area contributed by atoms with Crippen molar-refractivity contribution < 1.29 is 14.3 Å². The van der Waals surface area contributed by atoms with Crippen molar-refractivity contribution in [1.29, 1.82) is 0 Å². The van der Waals surface area contributed by atoms with E-state index in [2.05, 4.69) is 38.2 Å². The number of carbonyl (C=O) groups excluding carboxylic acids is 2. The molecule has 0 atom stereocenters. The topological polar surface area (TPSA) is 43.4 Å². The van der Waals surface area contributed by atoms with Gasteiger partial charge in [0.2, 0.25) is 0 Å². The summed E-state index contributed by atoms with van der Waals surface area (Å²) < 4.78 is 4.97. The van der Waals surface area contributed by atoms with Gasteiger partial charge in [-0.2, -0.15) is 0 Å². The number of carbonyl (C=O) groups is 2. The predicted molar refractivity (Wildman–Crippen MR) is 170 cm³/mol. The van der Waals surface area contributed by atoms with Crippen LogP contribution in [0.4, 0.5) is 0 Å². The zero-order valence-corrected chi connectivity index (χ0v) is 26.3. The molecular formula is C36H66O3. The molecule has 0 aliphatic heterocycles. The molecule has 0 bridgehead atoms. The lowest BCUT2D eigenvalue weighted by Gasteiger charge is -2.03. The number of allylic oxidation sites excluding steroid dienone is 4. The maximum Gasteiger partial charge on any atom is 0.313 e. The molecule has 0 N–H and O–H groups in total. The highest BCUT2D eigenvalue weighted by Gasteiger charge is 2.09. The lowest BCUT2D eigenvalue weighted by atomic mass is 10.1. The van der Waals surface area contributed by atoms with Gasteiger partial charge in [0, 0.05) is 12.8 Å². The van der Waals surface area contributed by atoms with Gasteiger partial charge in [-0.1, -0.05) is 141 Å². The summed E-state index contributed by atoms with van der Waals surface area (Å²) in [5.74, 6) is -0.723. The van der Waals surface area contributed by atoms with Gasteiger partial charge in [-0.05, 0) is 64.2 Å². The first kappa shape index (κ1) is 37.6. The second kappa shape index (κ2) is 32.8. The highest BCUT2D eigenvalue weighted by atomic mass is 16.6. The van der Waals surface area contributed by atoms with E-state index < -0.39 is 0 Å². The molecule has 0 aromatic rings. The fraction of sp³-hybridized carbons (Fsp3) is 0.833. The van der Waals surface area contributed by atoms with Crippen LogP contribution in [-0.4, -0.2) is 11.9 Å². The minimum absolute atomic E-state index is 0.347. The number of esters is 2. The van der Waals surface area contributed by atoms with Crippen molar-refractivity contribution in [3.05, 3.63) is 24.3 Å². The fourth-order valence-corrected chi connectivity index (χ4v) is 4.91. The first-order chi connectivity index (χ1) is 19.2. The normalized spacial score (nSPS) is 11.6.